The molecule has 0 bridgehead atoms. The second-order valence-electron chi connectivity index (χ2n) is 7.67. The molecular formula is C21H33NO4. The SMILES string of the molecule is CCCCCCN(Cc1ccc(CCC(=O)O)cc1)C(=O)OC(C)(C)C. The van der Waals surface area contributed by atoms with Crippen LogP contribution in [0.1, 0.15) is 70.9 Å². The van der Waals surface area contributed by atoms with Crippen LogP contribution in [0.15, 0.2) is 24.3 Å². The number of carbonyl (C=O) groups is 2. The lowest BCUT2D eigenvalue weighted by atomic mass is 10.1. The Morgan fingerprint density at radius 1 is 1.04 bits per heavy atom. The number of rotatable bonds is 10. The smallest absolute Gasteiger partial charge is 0.410 e. The van der Waals surface area contributed by atoms with Crippen LogP contribution >= 0.6 is 0 Å². The Kier molecular flexibility index (Phi) is 9.17. The van der Waals surface area contributed by atoms with Crippen molar-refractivity contribution >= 4 is 12.1 Å². The molecule has 0 heterocycles. The summed E-state index contributed by atoms with van der Waals surface area (Å²) in [6.45, 7) is 8.96. The third-order valence-electron chi connectivity index (χ3n) is 3.96. The number of carboxylic acid groups (broad SMARTS) is 1. The highest BCUT2D eigenvalue weighted by molar-refractivity contribution is 5.68. The van der Waals surface area contributed by atoms with E-state index < -0.39 is 11.6 Å². The number of hydrogen-bond donors (Lipinski definition) is 1. The highest BCUT2D eigenvalue weighted by Gasteiger charge is 2.22. The van der Waals surface area contributed by atoms with Gasteiger partial charge in [0.1, 0.15) is 5.60 Å². The lowest BCUT2D eigenvalue weighted by Gasteiger charge is -2.27. The lowest BCUT2D eigenvalue weighted by molar-refractivity contribution is -0.136. The van der Waals surface area contributed by atoms with Gasteiger partial charge in [0.05, 0.1) is 0 Å². The minimum absolute atomic E-state index is 0.126. The van der Waals surface area contributed by atoms with Crippen molar-refractivity contribution in [2.75, 3.05) is 6.54 Å². The van der Waals surface area contributed by atoms with Crippen molar-refractivity contribution in [2.24, 2.45) is 0 Å². The number of unbranched alkanes of at least 4 members (excludes halogenated alkanes) is 3. The molecular weight excluding hydrogens is 330 g/mol. The fourth-order valence-electron chi connectivity index (χ4n) is 2.57. The molecule has 1 rings (SSSR count). The first-order valence-corrected chi connectivity index (χ1v) is 9.49. The molecule has 0 fully saturated rings. The van der Waals surface area contributed by atoms with Gasteiger partial charge in [-0.1, -0.05) is 50.5 Å². The molecule has 1 aromatic carbocycles. The molecule has 5 nitrogen and oxygen atoms in total. The summed E-state index contributed by atoms with van der Waals surface area (Å²) in [5, 5.41) is 8.76. The number of nitrogens with zero attached hydrogens (tertiary/aromatic N) is 1. The zero-order valence-electron chi connectivity index (χ0n) is 16.6. The number of aryl methyl sites for hydroxylation is 1. The maximum atomic E-state index is 12.5. The number of amides is 1. The van der Waals surface area contributed by atoms with Gasteiger partial charge in [0.15, 0.2) is 0 Å². The average molecular weight is 363 g/mol. The van der Waals surface area contributed by atoms with Gasteiger partial charge in [0.25, 0.3) is 0 Å². The number of carbonyl (C=O) groups excluding carboxylic acids is 1. The first-order valence-electron chi connectivity index (χ1n) is 9.49. The van der Waals surface area contributed by atoms with Crippen LogP contribution in [-0.2, 0) is 22.5 Å². The predicted molar refractivity (Wildman–Crippen MR) is 103 cm³/mol. The van der Waals surface area contributed by atoms with Gasteiger partial charge in [-0.05, 0) is 44.7 Å². The van der Waals surface area contributed by atoms with Gasteiger partial charge in [0.2, 0.25) is 0 Å². The Labute approximate surface area is 157 Å². The summed E-state index contributed by atoms with van der Waals surface area (Å²) in [6, 6.07) is 7.78. The van der Waals surface area contributed by atoms with Crippen molar-refractivity contribution in [1.29, 1.82) is 0 Å². The van der Waals surface area contributed by atoms with Gasteiger partial charge in [-0.2, -0.15) is 0 Å². The number of hydrogen-bond acceptors (Lipinski definition) is 3. The maximum absolute atomic E-state index is 12.5. The molecule has 0 radical (unpaired) electrons. The van der Waals surface area contributed by atoms with E-state index in [0.717, 1.165) is 30.4 Å². The van der Waals surface area contributed by atoms with Crippen LogP contribution < -0.4 is 0 Å². The molecule has 0 unspecified atom stereocenters. The molecule has 0 spiro atoms. The highest BCUT2D eigenvalue weighted by Crippen LogP contribution is 2.15. The zero-order chi connectivity index (χ0) is 19.6. The third kappa shape index (κ3) is 9.44. The van der Waals surface area contributed by atoms with Gasteiger partial charge in [-0.3, -0.25) is 4.79 Å². The van der Waals surface area contributed by atoms with E-state index in [2.05, 4.69) is 6.92 Å². The normalized spacial score (nSPS) is 11.2. The Balaban J connectivity index is 2.70. The Morgan fingerprint density at radius 3 is 2.19 bits per heavy atom. The molecule has 1 amide bonds. The van der Waals surface area contributed by atoms with Crippen LogP contribution in [0.25, 0.3) is 0 Å². The van der Waals surface area contributed by atoms with Crippen LogP contribution in [0.2, 0.25) is 0 Å². The second-order valence-corrected chi connectivity index (χ2v) is 7.67. The van der Waals surface area contributed by atoms with Crippen molar-refractivity contribution in [3.8, 4) is 0 Å². The van der Waals surface area contributed by atoms with E-state index in [4.69, 9.17) is 9.84 Å². The van der Waals surface area contributed by atoms with Crippen molar-refractivity contribution in [2.45, 2.75) is 78.4 Å². The van der Waals surface area contributed by atoms with E-state index in [-0.39, 0.29) is 12.5 Å². The minimum atomic E-state index is -0.794. The first-order chi connectivity index (χ1) is 12.2. The molecule has 1 aromatic rings. The number of ether oxygens (including phenoxy) is 1. The molecule has 0 aliphatic heterocycles. The second kappa shape index (κ2) is 10.8. The first kappa shape index (κ1) is 22.0. The molecule has 5 heteroatoms. The molecule has 0 atom stereocenters. The van der Waals surface area contributed by atoms with E-state index in [1.54, 1.807) is 4.90 Å². The molecule has 146 valence electrons. The number of carboxylic acids is 1. The molecule has 1 N–H and O–H groups in total. The summed E-state index contributed by atoms with van der Waals surface area (Å²) in [7, 11) is 0. The summed E-state index contributed by atoms with van der Waals surface area (Å²) in [6.07, 6.45) is 4.74. The minimum Gasteiger partial charge on any atom is -0.481 e. The lowest BCUT2D eigenvalue weighted by Crippen LogP contribution is -2.37. The molecule has 0 aliphatic rings. The average Bonchev–Trinajstić information content (AvgIpc) is 2.55. The molecule has 0 aromatic heterocycles. The fraction of sp³-hybridized carbons (Fsp3) is 0.619. The largest absolute Gasteiger partial charge is 0.481 e. The quantitative estimate of drug-likeness (QED) is 0.593. The predicted octanol–water partition coefficient (Wildman–Crippen LogP) is 5.02. The summed E-state index contributed by atoms with van der Waals surface area (Å²) in [4.78, 5) is 24.9. The Morgan fingerprint density at radius 2 is 1.65 bits per heavy atom. The van der Waals surface area contributed by atoms with Crippen LogP contribution in [0.4, 0.5) is 4.79 Å². The van der Waals surface area contributed by atoms with E-state index in [0.29, 0.717) is 19.5 Å². The van der Waals surface area contributed by atoms with Crippen LogP contribution in [0.5, 0.6) is 0 Å². The molecule has 0 saturated carbocycles. The van der Waals surface area contributed by atoms with Gasteiger partial charge in [-0.15, -0.1) is 0 Å². The monoisotopic (exact) mass is 363 g/mol. The van der Waals surface area contributed by atoms with Gasteiger partial charge < -0.3 is 14.7 Å². The third-order valence-corrected chi connectivity index (χ3v) is 3.96. The Bertz CT molecular complexity index is 560. The molecule has 0 saturated heterocycles. The van der Waals surface area contributed by atoms with Crippen molar-refractivity contribution in [3.05, 3.63) is 35.4 Å². The molecule has 0 aliphatic carbocycles. The van der Waals surface area contributed by atoms with Crippen molar-refractivity contribution in [3.63, 3.8) is 0 Å². The van der Waals surface area contributed by atoms with E-state index in [9.17, 15) is 9.59 Å². The summed E-state index contributed by atoms with van der Waals surface area (Å²) >= 11 is 0. The Hall–Kier alpha value is -2.04. The topological polar surface area (TPSA) is 66.8 Å². The fourth-order valence-corrected chi connectivity index (χ4v) is 2.57. The van der Waals surface area contributed by atoms with Crippen LogP contribution in [0, 0.1) is 0 Å². The summed E-state index contributed by atoms with van der Waals surface area (Å²) in [5.74, 6) is -0.794. The van der Waals surface area contributed by atoms with Gasteiger partial charge >= 0.3 is 12.1 Å². The number of aliphatic carboxylic acids is 1. The van der Waals surface area contributed by atoms with Crippen molar-refractivity contribution < 1.29 is 19.4 Å². The van der Waals surface area contributed by atoms with Gasteiger partial charge in [-0.25, -0.2) is 4.79 Å². The summed E-state index contributed by atoms with van der Waals surface area (Å²) in [5.41, 5.74) is 1.49. The summed E-state index contributed by atoms with van der Waals surface area (Å²) < 4.78 is 5.54. The van der Waals surface area contributed by atoms with E-state index in [1.807, 2.05) is 45.0 Å². The van der Waals surface area contributed by atoms with Gasteiger partial charge in [0, 0.05) is 19.5 Å². The standard InChI is InChI=1S/C21H33NO4/c1-5-6-7-8-15-22(20(25)26-21(2,3)4)16-18-11-9-17(10-12-18)13-14-19(23)24/h9-12H,5-8,13-16H2,1-4H3,(H,23,24). The maximum Gasteiger partial charge on any atom is 0.410 e. The molecule has 26 heavy (non-hydrogen) atoms. The zero-order valence-corrected chi connectivity index (χ0v) is 16.6. The van der Waals surface area contributed by atoms with Crippen molar-refractivity contribution in [1.82, 2.24) is 4.90 Å². The van der Waals surface area contributed by atoms with E-state index in [1.165, 1.54) is 6.42 Å². The van der Waals surface area contributed by atoms with E-state index >= 15 is 0 Å². The van der Waals surface area contributed by atoms with Crippen LogP contribution in [0.3, 0.4) is 0 Å². The van der Waals surface area contributed by atoms with Crippen LogP contribution in [-0.4, -0.2) is 34.2 Å². The highest BCUT2D eigenvalue weighted by atomic mass is 16.6. The number of benzene rings is 1.